The molecule has 0 atom stereocenters. The monoisotopic (exact) mass is 300 g/mol. The molecule has 2 N–H and O–H groups in total. The van der Waals surface area contributed by atoms with Gasteiger partial charge in [-0.1, -0.05) is 0 Å². The summed E-state index contributed by atoms with van der Waals surface area (Å²) in [5.74, 6) is -18.7. The summed E-state index contributed by atoms with van der Waals surface area (Å²) in [7, 11) is 0. The van der Waals surface area contributed by atoms with Crippen molar-refractivity contribution in [3.05, 3.63) is 0 Å². The zero-order chi connectivity index (χ0) is 15.6. The minimum absolute atomic E-state index is 1.57. The average Bonchev–Trinajstić information content (AvgIpc) is 2.13. The molecule has 112 valence electrons. The SMILES string of the molecule is O=C(O)C(CCC(F)(F)C(F)(F)C(F)(F)F)C(=O)O. The van der Waals surface area contributed by atoms with Gasteiger partial charge in [-0.15, -0.1) is 0 Å². The molecular formula is C8H7F7O4. The first-order valence-corrected chi connectivity index (χ1v) is 4.52. The fraction of sp³-hybridized carbons (Fsp3) is 0.750. The summed E-state index contributed by atoms with van der Waals surface area (Å²) in [5.41, 5.74) is 0. The van der Waals surface area contributed by atoms with E-state index in [0.717, 1.165) is 0 Å². The number of carboxylic acids is 2. The predicted molar refractivity (Wildman–Crippen MR) is 43.9 cm³/mol. The molecule has 11 heteroatoms. The molecule has 0 aromatic heterocycles. The van der Waals surface area contributed by atoms with Gasteiger partial charge in [0.05, 0.1) is 0 Å². The van der Waals surface area contributed by atoms with Gasteiger partial charge in [-0.25, -0.2) is 0 Å². The highest BCUT2D eigenvalue weighted by Crippen LogP contribution is 2.48. The highest BCUT2D eigenvalue weighted by atomic mass is 19.4. The van der Waals surface area contributed by atoms with Gasteiger partial charge in [0.2, 0.25) is 0 Å². The molecule has 0 saturated carbocycles. The third kappa shape index (κ3) is 3.70. The Morgan fingerprint density at radius 2 is 1.26 bits per heavy atom. The zero-order valence-electron chi connectivity index (χ0n) is 8.85. The number of hydrogen-bond donors (Lipinski definition) is 2. The lowest BCUT2D eigenvalue weighted by Crippen LogP contribution is -2.52. The van der Waals surface area contributed by atoms with Crippen LogP contribution in [-0.4, -0.2) is 40.2 Å². The van der Waals surface area contributed by atoms with Crippen LogP contribution in [0, 0.1) is 5.92 Å². The van der Waals surface area contributed by atoms with Crippen molar-refractivity contribution in [2.24, 2.45) is 5.92 Å². The van der Waals surface area contributed by atoms with E-state index in [9.17, 15) is 40.3 Å². The van der Waals surface area contributed by atoms with E-state index in [1.807, 2.05) is 0 Å². The molecule has 0 heterocycles. The van der Waals surface area contributed by atoms with Gasteiger partial charge in [-0.05, 0) is 6.42 Å². The van der Waals surface area contributed by atoms with Crippen molar-refractivity contribution in [1.29, 1.82) is 0 Å². The van der Waals surface area contributed by atoms with Crippen molar-refractivity contribution >= 4 is 11.9 Å². The van der Waals surface area contributed by atoms with Crippen LogP contribution >= 0.6 is 0 Å². The number of carbonyl (C=O) groups is 2. The smallest absolute Gasteiger partial charge is 0.459 e. The van der Waals surface area contributed by atoms with Crippen LogP contribution in [0.15, 0.2) is 0 Å². The molecule has 0 spiro atoms. The first kappa shape index (κ1) is 17.4. The number of halogens is 7. The molecule has 0 fully saturated rings. The van der Waals surface area contributed by atoms with Crippen LogP contribution in [0.3, 0.4) is 0 Å². The highest BCUT2D eigenvalue weighted by Gasteiger charge is 2.72. The van der Waals surface area contributed by atoms with E-state index in [2.05, 4.69) is 0 Å². The quantitative estimate of drug-likeness (QED) is 0.583. The van der Waals surface area contributed by atoms with Crippen LogP contribution in [0.5, 0.6) is 0 Å². The normalized spacial score (nSPS) is 13.7. The summed E-state index contributed by atoms with van der Waals surface area (Å²) >= 11 is 0. The topological polar surface area (TPSA) is 74.6 Å². The van der Waals surface area contributed by atoms with Gasteiger partial charge in [0.15, 0.2) is 5.92 Å². The number of alkyl halides is 7. The lowest BCUT2D eigenvalue weighted by molar-refractivity contribution is -0.355. The van der Waals surface area contributed by atoms with Crippen molar-refractivity contribution < 1.29 is 50.5 Å². The predicted octanol–water partition coefficient (Wildman–Crippen LogP) is 2.38. The second-order valence-electron chi connectivity index (χ2n) is 3.54. The summed E-state index contributed by atoms with van der Waals surface area (Å²) in [6, 6.07) is 0. The van der Waals surface area contributed by atoms with Crippen LogP contribution in [-0.2, 0) is 9.59 Å². The lowest BCUT2D eigenvalue weighted by atomic mass is 9.97. The molecule has 4 nitrogen and oxygen atoms in total. The van der Waals surface area contributed by atoms with Crippen molar-refractivity contribution in [1.82, 2.24) is 0 Å². The second kappa shape index (κ2) is 5.21. The molecule has 0 bridgehead atoms. The summed E-state index contributed by atoms with van der Waals surface area (Å²) in [6.45, 7) is 0. The molecule has 0 aliphatic carbocycles. The Morgan fingerprint density at radius 3 is 1.53 bits per heavy atom. The molecule has 0 saturated heterocycles. The van der Waals surface area contributed by atoms with Gasteiger partial charge in [-0.3, -0.25) is 9.59 Å². The summed E-state index contributed by atoms with van der Waals surface area (Å²) in [6.07, 6.45) is -10.3. The Labute approximate surface area is 100 Å². The number of aliphatic carboxylic acids is 2. The van der Waals surface area contributed by atoms with Crippen LogP contribution in [0.1, 0.15) is 12.8 Å². The van der Waals surface area contributed by atoms with E-state index in [0.29, 0.717) is 0 Å². The lowest BCUT2D eigenvalue weighted by Gasteiger charge is -2.28. The van der Waals surface area contributed by atoms with E-state index >= 15 is 0 Å². The highest BCUT2D eigenvalue weighted by molar-refractivity contribution is 5.92. The standard InChI is InChI=1S/C8H7F7O4/c9-6(10,7(11,12)8(13,14)15)2-1-3(4(16)17)5(18)19/h3H,1-2H2,(H,16,17)(H,18,19). The van der Waals surface area contributed by atoms with E-state index in [1.54, 1.807) is 0 Å². The maximum Gasteiger partial charge on any atom is 0.459 e. The number of carboxylic acid groups (broad SMARTS) is 2. The van der Waals surface area contributed by atoms with Gasteiger partial charge in [0, 0.05) is 6.42 Å². The first-order chi connectivity index (χ1) is 8.24. The first-order valence-electron chi connectivity index (χ1n) is 4.52. The zero-order valence-corrected chi connectivity index (χ0v) is 8.85. The minimum atomic E-state index is -6.53. The number of hydrogen-bond acceptors (Lipinski definition) is 2. The Balaban J connectivity index is 4.98. The van der Waals surface area contributed by atoms with E-state index in [1.165, 1.54) is 0 Å². The van der Waals surface area contributed by atoms with Crippen LogP contribution in [0.25, 0.3) is 0 Å². The fourth-order valence-corrected chi connectivity index (χ4v) is 1.04. The van der Waals surface area contributed by atoms with Crippen LogP contribution in [0.4, 0.5) is 30.7 Å². The number of rotatable bonds is 6. The average molecular weight is 300 g/mol. The maximum atomic E-state index is 12.7. The van der Waals surface area contributed by atoms with Crippen molar-refractivity contribution in [3.8, 4) is 0 Å². The molecule has 0 unspecified atom stereocenters. The molecule has 0 aliphatic rings. The molecule has 0 aliphatic heterocycles. The molecule has 19 heavy (non-hydrogen) atoms. The molecule has 0 rings (SSSR count). The van der Waals surface area contributed by atoms with E-state index < -0.39 is 48.7 Å². The van der Waals surface area contributed by atoms with E-state index in [-0.39, 0.29) is 0 Å². The van der Waals surface area contributed by atoms with Crippen molar-refractivity contribution in [2.75, 3.05) is 0 Å². The van der Waals surface area contributed by atoms with Crippen LogP contribution in [0.2, 0.25) is 0 Å². The Morgan fingerprint density at radius 1 is 0.895 bits per heavy atom. The van der Waals surface area contributed by atoms with Gasteiger partial charge < -0.3 is 10.2 Å². The van der Waals surface area contributed by atoms with Crippen molar-refractivity contribution in [3.63, 3.8) is 0 Å². The largest absolute Gasteiger partial charge is 0.481 e. The molecule has 0 radical (unpaired) electrons. The molecule has 0 amide bonds. The fourth-order valence-electron chi connectivity index (χ4n) is 1.04. The summed E-state index contributed by atoms with van der Waals surface area (Å²) in [5, 5.41) is 16.5. The van der Waals surface area contributed by atoms with Gasteiger partial charge in [0.1, 0.15) is 0 Å². The Kier molecular flexibility index (Phi) is 4.79. The summed E-state index contributed by atoms with van der Waals surface area (Å²) in [4.78, 5) is 20.5. The third-order valence-corrected chi connectivity index (χ3v) is 2.16. The second-order valence-corrected chi connectivity index (χ2v) is 3.54. The van der Waals surface area contributed by atoms with Gasteiger partial charge in [0.25, 0.3) is 0 Å². The van der Waals surface area contributed by atoms with Gasteiger partial charge in [-0.2, -0.15) is 30.7 Å². The molecule has 0 aromatic carbocycles. The van der Waals surface area contributed by atoms with Gasteiger partial charge >= 0.3 is 30.0 Å². The molecule has 0 aromatic rings. The van der Waals surface area contributed by atoms with Crippen LogP contribution < -0.4 is 0 Å². The Hall–Kier alpha value is -1.55. The van der Waals surface area contributed by atoms with E-state index in [4.69, 9.17) is 10.2 Å². The maximum absolute atomic E-state index is 12.7. The minimum Gasteiger partial charge on any atom is -0.481 e. The molecular weight excluding hydrogens is 293 g/mol. The van der Waals surface area contributed by atoms with Crippen molar-refractivity contribution in [2.45, 2.75) is 30.9 Å². The summed E-state index contributed by atoms with van der Waals surface area (Å²) < 4.78 is 85.4. The third-order valence-electron chi connectivity index (χ3n) is 2.16. The Bertz CT molecular complexity index is 349.